The molecule has 0 amide bonds. The van der Waals surface area contributed by atoms with Gasteiger partial charge in [0.1, 0.15) is 0 Å². The molecule has 0 aromatic carbocycles. The van der Waals surface area contributed by atoms with E-state index >= 15 is 0 Å². The fourth-order valence-electron chi connectivity index (χ4n) is 3.56. The summed E-state index contributed by atoms with van der Waals surface area (Å²) in [5, 5.41) is 3.53. The summed E-state index contributed by atoms with van der Waals surface area (Å²) in [5.41, 5.74) is 0. The molecule has 0 aromatic rings. The number of nitrogens with one attached hydrogen (secondary N) is 1. The Bertz CT molecular complexity index is 229. The third-order valence-corrected chi connectivity index (χ3v) is 4.68. The van der Waals surface area contributed by atoms with Gasteiger partial charge in [-0.1, -0.05) is 19.3 Å². The third kappa shape index (κ3) is 3.94. The van der Waals surface area contributed by atoms with Crippen molar-refractivity contribution >= 4 is 0 Å². The first-order valence-corrected chi connectivity index (χ1v) is 7.80. The normalized spacial score (nSPS) is 34.5. The number of rotatable bonds is 4. The predicted octanol–water partition coefficient (Wildman–Crippen LogP) is 2.41. The molecule has 106 valence electrons. The van der Waals surface area contributed by atoms with Gasteiger partial charge in [0.15, 0.2) is 0 Å². The second-order valence-electron chi connectivity index (χ2n) is 6.03. The molecule has 2 aliphatic rings. The standard InChI is InChI=1S/C15H30N2O/c1-16-14-9-4-3-5-10-15(14)17(2)12-13-8-6-7-11-18-13/h13-16H,3-12H2,1-2H3. The highest BCUT2D eigenvalue weighted by Gasteiger charge is 2.27. The lowest BCUT2D eigenvalue weighted by molar-refractivity contribution is -0.0114. The lowest BCUT2D eigenvalue weighted by atomic mass is 10.0. The van der Waals surface area contributed by atoms with E-state index in [-0.39, 0.29) is 0 Å². The molecular weight excluding hydrogens is 224 g/mol. The highest BCUT2D eigenvalue weighted by Crippen LogP contribution is 2.23. The van der Waals surface area contributed by atoms with Gasteiger partial charge in [-0.2, -0.15) is 0 Å². The molecule has 1 aliphatic heterocycles. The zero-order valence-electron chi connectivity index (χ0n) is 12.2. The summed E-state index contributed by atoms with van der Waals surface area (Å²) < 4.78 is 5.88. The summed E-state index contributed by atoms with van der Waals surface area (Å²) in [5.74, 6) is 0. The minimum Gasteiger partial charge on any atom is -0.377 e. The van der Waals surface area contributed by atoms with Crippen molar-refractivity contribution in [1.82, 2.24) is 10.2 Å². The zero-order valence-corrected chi connectivity index (χ0v) is 12.2. The second kappa shape index (κ2) is 7.46. The Hall–Kier alpha value is -0.120. The van der Waals surface area contributed by atoms with Crippen LogP contribution < -0.4 is 5.32 Å². The van der Waals surface area contributed by atoms with Crippen molar-refractivity contribution in [2.24, 2.45) is 0 Å². The van der Waals surface area contributed by atoms with Gasteiger partial charge in [0.2, 0.25) is 0 Å². The van der Waals surface area contributed by atoms with Gasteiger partial charge in [-0.15, -0.1) is 0 Å². The number of hydrogen-bond donors (Lipinski definition) is 1. The lowest BCUT2D eigenvalue weighted by Gasteiger charge is -2.36. The Kier molecular flexibility index (Phi) is 5.93. The summed E-state index contributed by atoms with van der Waals surface area (Å²) in [6, 6.07) is 1.36. The molecule has 0 bridgehead atoms. The van der Waals surface area contributed by atoms with Crippen LogP contribution >= 0.6 is 0 Å². The fraction of sp³-hybridized carbons (Fsp3) is 1.00. The minimum atomic E-state index is 0.476. The molecule has 1 N–H and O–H groups in total. The topological polar surface area (TPSA) is 24.5 Å². The van der Waals surface area contributed by atoms with Crippen molar-refractivity contribution < 1.29 is 4.74 Å². The van der Waals surface area contributed by atoms with E-state index in [2.05, 4.69) is 24.3 Å². The van der Waals surface area contributed by atoms with Crippen LogP contribution in [0.4, 0.5) is 0 Å². The van der Waals surface area contributed by atoms with E-state index in [0.29, 0.717) is 18.2 Å². The van der Waals surface area contributed by atoms with Crippen LogP contribution in [0.1, 0.15) is 51.4 Å². The summed E-state index contributed by atoms with van der Waals surface area (Å²) in [6.45, 7) is 2.08. The summed E-state index contributed by atoms with van der Waals surface area (Å²) in [6.07, 6.45) is 11.2. The molecule has 18 heavy (non-hydrogen) atoms. The molecule has 2 rings (SSSR count). The van der Waals surface area contributed by atoms with Crippen molar-refractivity contribution in [3.8, 4) is 0 Å². The molecule has 0 spiro atoms. The maximum absolute atomic E-state index is 5.88. The van der Waals surface area contributed by atoms with E-state index in [1.807, 2.05) is 0 Å². The molecule has 0 aromatic heterocycles. The van der Waals surface area contributed by atoms with Crippen LogP contribution in [0.2, 0.25) is 0 Å². The highest BCUT2D eigenvalue weighted by molar-refractivity contribution is 4.86. The van der Waals surface area contributed by atoms with E-state index in [1.165, 1.54) is 51.4 Å². The van der Waals surface area contributed by atoms with Gasteiger partial charge in [-0.05, 0) is 46.2 Å². The predicted molar refractivity (Wildman–Crippen MR) is 75.9 cm³/mol. The van der Waals surface area contributed by atoms with Gasteiger partial charge in [0.05, 0.1) is 6.10 Å². The van der Waals surface area contributed by atoms with Gasteiger partial charge in [0, 0.05) is 25.2 Å². The maximum Gasteiger partial charge on any atom is 0.0702 e. The Morgan fingerprint density at radius 1 is 1.06 bits per heavy atom. The van der Waals surface area contributed by atoms with Crippen LogP contribution in [0, 0.1) is 0 Å². The molecule has 1 saturated carbocycles. The van der Waals surface area contributed by atoms with Gasteiger partial charge in [0.25, 0.3) is 0 Å². The Morgan fingerprint density at radius 3 is 2.56 bits per heavy atom. The number of nitrogens with zero attached hydrogens (tertiary/aromatic N) is 1. The SMILES string of the molecule is CNC1CCCCCC1N(C)CC1CCCCO1. The Balaban J connectivity index is 1.86. The first-order valence-electron chi connectivity index (χ1n) is 7.80. The average molecular weight is 254 g/mol. The zero-order chi connectivity index (χ0) is 12.8. The van der Waals surface area contributed by atoms with E-state index in [4.69, 9.17) is 4.74 Å². The van der Waals surface area contributed by atoms with Crippen molar-refractivity contribution in [3.05, 3.63) is 0 Å². The Morgan fingerprint density at radius 2 is 1.83 bits per heavy atom. The summed E-state index contributed by atoms with van der Waals surface area (Å²) in [4.78, 5) is 2.56. The molecule has 3 atom stereocenters. The number of likely N-dealkylation sites (N-methyl/N-ethyl adjacent to an activating group) is 2. The van der Waals surface area contributed by atoms with E-state index < -0.39 is 0 Å². The van der Waals surface area contributed by atoms with Crippen LogP contribution in [0.3, 0.4) is 0 Å². The summed E-state index contributed by atoms with van der Waals surface area (Å²) >= 11 is 0. The molecule has 3 heteroatoms. The quantitative estimate of drug-likeness (QED) is 0.780. The van der Waals surface area contributed by atoms with Gasteiger partial charge in [-0.25, -0.2) is 0 Å². The molecule has 1 saturated heterocycles. The molecule has 3 nitrogen and oxygen atoms in total. The fourth-order valence-corrected chi connectivity index (χ4v) is 3.56. The maximum atomic E-state index is 5.88. The molecule has 1 aliphatic carbocycles. The second-order valence-corrected chi connectivity index (χ2v) is 6.03. The molecular formula is C15H30N2O. The molecule has 0 radical (unpaired) electrons. The highest BCUT2D eigenvalue weighted by atomic mass is 16.5. The number of ether oxygens (including phenoxy) is 1. The van der Waals surface area contributed by atoms with E-state index in [0.717, 1.165) is 13.2 Å². The largest absolute Gasteiger partial charge is 0.377 e. The first-order chi connectivity index (χ1) is 8.81. The van der Waals surface area contributed by atoms with Gasteiger partial charge >= 0.3 is 0 Å². The molecule has 1 heterocycles. The van der Waals surface area contributed by atoms with Crippen molar-refractivity contribution in [3.63, 3.8) is 0 Å². The molecule has 2 fully saturated rings. The van der Waals surface area contributed by atoms with Crippen molar-refractivity contribution in [2.75, 3.05) is 27.2 Å². The van der Waals surface area contributed by atoms with E-state index in [1.54, 1.807) is 0 Å². The van der Waals surface area contributed by atoms with Crippen LogP contribution in [0.25, 0.3) is 0 Å². The lowest BCUT2D eigenvalue weighted by Crippen LogP contribution is -2.49. The van der Waals surface area contributed by atoms with Crippen molar-refractivity contribution in [2.45, 2.75) is 69.6 Å². The van der Waals surface area contributed by atoms with Crippen molar-refractivity contribution in [1.29, 1.82) is 0 Å². The monoisotopic (exact) mass is 254 g/mol. The van der Waals surface area contributed by atoms with Gasteiger partial charge in [-0.3, -0.25) is 4.90 Å². The third-order valence-electron chi connectivity index (χ3n) is 4.68. The number of hydrogen-bond acceptors (Lipinski definition) is 3. The molecule has 3 unspecified atom stereocenters. The van der Waals surface area contributed by atoms with Crippen LogP contribution in [0.15, 0.2) is 0 Å². The van der Waals surface area contributed by atoms with Crippen LogP contribution in [-0.4, -0.2) is 50.3 Å². The first kappa shape index (κ1) is 14.3. The Labute approximate surface area is 112 Å². The average Bonchev–Trinajstić information content (AvgIpc) is 2.64. The minimum absolute atomic E-state index is 0.476. The van der Waals surface area contributed by atoms with Crippen LogP contribution in [0.5, 0.6) is 0 Å². The van der Waals surface area contributed by atoms with Gasteiger partial charge < -0.3 is 10.1 Å². The smallest absolute Gasteiger partial charge is 0.0702 e. The van der Waals surface area contributed by atoms with E-state index in [9.17, 15) is 0 Å². The van der Waals surface area contributed by atoms with Crippen LogP contribution in [-0.2, 0) is 4.74 Å². The summed E-state index contributed by atoms with van der Waals surface area (Å²) in [7, 11) is 4.41.